The Morgan fingerprint density at radius 2 is 2.28 bits per heavy atom. The van der Waals surface area contributed by atoms with Gasteiger partial charge in [-0.2, -0.15) is 0 Å². The van der Waals surface area contributed by atoms with Crippen molar-refractivity contribution in [3.63, 3.8) is 0 Å². The van der Waals surface area contributed by atoms with Crippen LogP contribution in [0.4, 0.5) is 5.82 Å². The minimum atomic E-state index is 0.700. The van der Waals surface area contributed by atoms with E-state index in [-0.39, 0.29) is 0 Å². The zero-order valence-corrected chi connectivity index (χ0v) is 12.0. The minimum Gasteiger partial charge on any atom is -0.370 e. The van der Waals surface area contributed by atoms with Crippen LogP contribution in [0.5, 0.6) is 0 Å². The van der Waals surface area contributed by atoms with E-state index in [1.165, 1.54) is 25.8 Å². The van der Waals surface area contributed by atoms with Crippen LogP contribution < -0.4 is 5.32 Å². The summed E-state index contributed by atoms with van der Waals surface area (Å²) >= 11 is 6.25. The number of anilines is 1. The summed E-state index contributed by atoms with van der Waals surface area (Å²) in [5.74, 6) is 0.921. The highest BCUT2D eigenvalue weighted by molar-refractivity contribution is 6.31. The van der Waals surface area contributed by atoms with Gasteiger partial charge in [0.15, 0.2) is 0 Å². The van der Waals surface area contributed by atoms with E-state index in [2.05, 4.69) is 29.0 Å². The Bertz CT molecular complexity index is 395. The van der Waals surface area contributed by atoms with E-state index in [9.17, 15) is 0 Å². The zero-order valence-electron chi connectivity index (χ0n) is 11.2. The van der Waals surface area contributed by atoms with Crippen LogP contribution >= 0.6 is 11.6 Å². The SMILES string of the molecule is CCNc1ccc(Cl)c(CN2CCCC2CC)n1. The molecule has 1 N–H and O–H groups in total. The van der Waals surface area contributed by atoms with Crippen molar-refractivity contribution in [2.45, 2.75) is 45.7 Å². The number of likely N-dealkylation sites (tertiary alicyclic amines) is 1. The van der Waals surface area contributed by atoms with Gasteiger partial charge in [0.25, 0.3) is 0 Å². The Balaban J connectivity index is 2.09. The first-order valence-electron chi connectivity index (χ1n) is 6.88. The molecule has 0 radical (unpaired) electrons. The van der Waals surface area contributed by atoms with E-state index in [0.717, 1.165) is 29.6 Å². The van der Waals surface area contributed by atoms with Crippen LogP contribution in [0, 0.1) is 0 Å². The maximum atomic E-state index is 6.25. The first-order chi connectivity index (χ1) is 8.74. The number of halogens is 1. The molecule has 1 aliphatic heterocycles. The van der Waals surface area contributed by atoms with Gasteiger partial charge in [0.05, 0.1) is 10.7 Å². The largest absolute Gasteiger partial charge is 0.370 e. The second-order valence-corrected chi connectivity index (χ2v) is 5.24. The van der Waals surface area contributed by atoms with Crippen molar-refractivity contribution in [2.24, 2.45) is 0 Å². The lowest BCUT2D eigenvalue weighted by Gasteiger charge is -2.23. The average Bonchev–Trinajstić information content (AvgIpc) is 2.81. The molecule has 1 aliphatic rings. The molecule has 18 heavy (non-hydrogen) atoms. The van der Waals surface area contributed by atoms with Crippen LogP contribution in [0.2, 0.25) is 5.02 Å². The van der Waals surface area contributed by atoms with Crippen LogP contribution in [0.25, 0.3) is 0 Å². The molecule has 1 aromatic heterocycles. The van der Waals surface area contributed by atoms with Crippen molar-refractivity contribution in [2.75, 3.05) is 18.4 Å². The molecule has 0 spiro atoms. The molecule has 2 heterocycles. The summed E-state index contributed by atoms with van der Waals surface area (Å²) in [5.41, 5.74) is 0.996. The van der Waals surface area contributed by atoms with Crippen LogP contribution in [0.3, 0.4) is 0 Å². The topological polar surface area (TPSA) is 28.2 Å². The Kier molecular flexibility index (Phi) is 4.84. The Hall–Kier alpha value is -0.800. The molecule has 3 nitrogen and oxygen atoms in total. The predicted octanol–water partition coefficient (Wildman–Crippen LogP) is 3.54. The van der Waals surface area contributed by atoms with Crippen LogP contribution in [0.1, 0.15) is 38.8 Å². The van der Waals surface area contributed by atoms with Crippen molar-refractivity contribution in [1.29, 1.82) is 0 Å². The molecule has 0 amide bonds. The standard InChI is InChI=1S/C14H22ClN3/c1-3-11-6-5-9-18(11)10-13-12(15)7-8-14(17-13)16-4-2/h7-8,11H,3-6,9-10H2,1-2H3,(H,16,17). The lowest BCUT2D eigenvalue weighted by Crippen LogP contribution is -2.28. The molecular formula is C14H22ClN3. The smallest absolute Gasteiger partial charge is 0.126 e. The predicted molar refractivity (Wildman–Crippen MR) is 77.1 cm³/mol. The van der Waals surface area contributed by atoms with Crippen LogP contribution in [-0.4, -0.2) is 29.0 Å². The molecule has 0 bridgehead atoms. The quantitative estimate of drug-likeness (QED) is 0.884. The molecule has 1 unspecified atom stereocenters. The third-order valence-corrected chi connectivity index (χ3v) is 3.94. The molecule has 0 saturated carbocycles. The first-order valence-corrected chi connectivity index (χ1v) is 7.25. The number of aromatic nitrogens is 1. The number of rotatable bonds is 5. The highest BCUT2D eigenvalue weighted by Crippen LogP contribution is 2.25. The summed E-state index contributed by atoms with van der Waals surface area (Å²) in [6.45, 7) is 7.25. The first kappa shape index (κ1) is 13.6. The third-order valence-electron chi connectivity index (χ3n) is 3.60. The molecular weight excluding hydrogens is 246 g/mol. The molecule has 2 rings (SSSR count). The number of hydrogen-bond acceptors (Lipinski definition) is 3. The summed E-state index contributed by atoms with van der Waals surface area (Å²) in [5, 5.41) is 4.01. The fraction of sp³-hybridized carbons (Fsp3) is 0.643. The summed E-state index contributed by atoms with van der Waals surface area (Å²) in [7, 11) is 0. The van der Waals surface area contributed by atoms with Crippen molar-refractivity contribution in [1.82, 2.24) is 9.88 Å². The molecule has 1 atom stereocenters. The summed E-state index contributed by atoms with van der Waals surface area (Å²) in [6, 6.07) is 4.58. The van der Waals surface area contributed by atoms with Gasteiger partial charge in [-0.05, 0) is 44.9 Å². The Morgan fingerprint density at radius 3 is 3.00 bits per heavy atom. The monoisotopic (exact) mass is 267 g/mol. The van der Waals surface area contributed by atoms with Crippen molar-refractivity contribution < 1.29 is 0 Å². The third kappa shape index (κ3) is 3.15. The summed E-state index contributed by atoms with van der Waals surface area (Å²) < 4.78 is 0. The average molecular weight is 268 g/mol. The number of hydrogen-bond donors (Lipinski definition) is 1. The number of pyridine rings is 1. The van der Waals surface area contributed by atoms with Crippen molar-refractivity contribution in [3.05, 3.63) is 22.8 Å². The molecule has 0 aromatic carbocycles. The van der Waals surface area contributed by atoms with Gasteiger partial charge in [0.1, 0.15) is 5.82 Å². The van der Waals surface area contributed by atoms with Crippen molar-refractivity contribution >= 4 is 17.4 Å². The Morgan fingerprint density at radius 1 is 1.44 bits per heavy atom. The lowest BCUT2D eigenvalue weighted by atomic mass is 10.1. The van der Waals surface area contributed by atoms with Crippen molar-refractivity contribution in [3.8, 4) is 0 Å². The second-order valence-electron chi connectivity index (χ2n) is 4.83. The van der Waals surface area contributed by atoms with Gasteiger partial charge in [-0.25, -0.2) is 4.98 Å². The second kappa shape index (κ2) is 6.39. The fourth-order valence-electron chi connectivity index (χ4n) is 2.63. The van der Waals surface area contributed by atoms with Gasteiger partial charge in [-0.15, -0.1) is 0 Å². The highest BCUT2D eigenvalue weighted by Gasteiger charge is 2.23. The molecule has 1 saturated heterocycles. The van der Waals surface area contributed by atoms with E-state index >= 15 is 0 Å². The van der Waals surface area contributed by atoms with Gasteiger partial charge in [-0.1, -0.05) is 18.5 Å². The molecule has 0 aliphatic carbocycles. The molecule has 1 aromatic rings. The van der Waals surface area contributed by atoms with Gasteiger partial charge in [0.2, 0.25) is 0 Å². The van der Waals surface area contributed by atoms with E-state index in [1.807, 2.05) is 12.1 Å². The lowest BCUT2D eigenvalue weighted by molar-refractivity contribution is 0.237. The van der Waals surface area contributed by atoms with Crippen LogP contribution in [-0.2, 0) is 6.54 Å². The zero-order chi connectivity index (χ0) is 13.0. The molecule has 1 fully saturated rings. The van der Waals surface area contributed by atoms with E-state index in [4.69, 9.17) is 11.6 Å². The highest BCUT2D eigenvalue weighted by atomic mass is 35.5. The van der Waals surface area contributed by atoms with E-state index < -0.39 is 0 Å². The van der Waals surface area contributed by atoms with Gasteiger partial charge < -0.3 is 5.32 Å². The van der Waals surface area contributed by atoms with Gasteiger partial charge in [0, 0.05) is 19.1 Å². The number of nitrogens with one attached hydrogen (secondary N) is 1. The van der Waals surface area contributed by atoms with E-state index in [0.29, 0.717) is 6.04 Å². The molecule has 100 valence electrons. The minimum absolute atomic E-state index is 0.700. The fourth-order valence-corrected chi connectivity index (χ4v) is 2.80. The summed E-state index contributed by atoms with van der Waals surface area (Å²) in [6.07, 6.45) is 3.81. The van der Waals surface area contributed by atoms with Gasteiger partial charge >= 0.3 is 0 Å². The van der Waals surface area contributed by atoms with E-state index in [1.54, 1.807) is 0 Å². The maximum absolute atomic E-state index is 6.25. The molecule has 4 heteroatoms. The normalized spacial score (nSPS) is 20.3. The summed E-state index contributed by atoms with van der Waals surface area (Å²) in [4.78, 5) is 7.11. The number of nitrogens with zero attached hydrogens (tertiary/aromatic N) is 2. The maximum Gasteiger partial charge on any atom is 0.126 e. The Labute approximate surface area is 115 Å². The van der Waals surface area contributed by atoms with Gasteiger partial charge in [-0.3, -0.25) is 4.90 Å². The van der Waals surface area contributed by atoms with Crippen LogP contribution in [0.15, 0.2) is 12.1 Å².